The minimum absolute atomic E-state index is 0.0646. The van der Waals surface area contributed by atoms with Crippen LogP contribution in [-0.4, -0.2) is 68.6 Å². The van der Waals surface area contributed by atoms with Crippen LogP contribution in [0.3, 0.4) is 0 Å². The lowest BCUT2D eigenvalue weighted by molar-refractivity contribution is -0.147. The number of ether oxygens (including phenoxy) is 1. The van der Waals surface area contributed by atoms with Crippen molar-refractivity contribution in [2.24, 2.45) is 0 Å². The number of hydrogen-bond acceptors (Lipinski definition) is 7. The Morgan fingerprint density at radius 2 is 1.87 bits per heavy atom. The van der Waals surface area contributed by atoms with Gasteiger partial charge in [-0.3, -0.25) is 9.59 Å². The van der Waals surface area contributed by atoms with Gasteiger partial charge in [0.25, 0.3) is 5.91 Å². The van der Waals surface area contributed by atoms with Crippen LogP contribution in [0.4, 0.5) is 0 Å². The summed E-state index contributed by atoms with van der Waals surface area (Å²) in [5.74, 6) is -1.28. The Balaban J connectivity index is 1.60. The van der Waals surface area contributed by atoms with Gasteiger partial charge in [-0.2, -0.15) is 0 Å². The van der Waals surface area contributed by atoms with Crippen LogP contribution in [0.5, 0.6) is 0 Å². The van der Waals surface area contributed by atoms with Gasteiger partial charge in [-0.05, 0) is 48.6 Å². The maximum absolute atomic E-state index is 12.6. The number of nitrogens with zero attached hydrogens (tertiary/aromatic N) is 2. The van der Waals surface area contributed by atoms with E-state index in [4.69, 9.17) is 4.74 Å². The highest BCUT2D eigenvalue weighted by atomic mass is 32.2. The predicted octanol–water partition coefficient (Wildman–Crippen LogP) is 2.03. The molecule has 0 aliphatic carbocycles. The SMILES string of the molecule is CN(C)S(=O)(=O)c1ccc(C(=O)COC(=O)C2CCCN2C(=O)c2cccs2)cc1. The van der Waals surface area contributed by atoms with Crippen LogP contribution in [-0.2, 0) is 19.6 Å². The van der Waals surface area contributed by atoms with Crippen LogP contribution in [0, 0.1) is 0 Å². The van der Waals surface area contributed by atoms with Crippen LogP contribution in [0.15, 0.2) is 46.7 Å². The van der Waals surface area contributed by atoms with Gasteiger partial charge in [0.05, 0.1) is 9.77 Å². The highest BCUT2D eigenvalue weighted by molar-refractivity contribution is 7.89. The van der Waals surface area contributed by atoms with Gasteiger partial charge < -0.3 is 9.64 Å². The summed E-state index contributed by atoms with van der Waals surface area (Å²) in [4.78, 5) is 39.5. The van der Waals surface area contributed by atoms with Crippen molar-refractivity contribution in [1.82, 2.24) is 9.21 Å². The number of benzene rings is 1. The zero-order valence-corrected chi connectivity index (χ0v) is 18.2. The molecular weight excluding hydrogens is 428 g/mol. The zero-order chi connectivity index (χ0) is 21.9. The van der Waals surface area contributed by atoms with Crippen molar-refractivity contribution in [3.8, 4) is 0 Å². The number of likely N-dealkylation sites (tertiary alicyclic amines) is 1. The first-order valence-electron chi connectivity index (χ1n) is 9.28. The Bertz CT molecular complexity index is 1030. The molecule has 1 aromatic carbocycles. The summed E-state index contributed by atoms with van der Waals surface area (Å²) in [6, 6.07) is 8.21. The van der Waals surface area contributed by atoms with Gasteiger partial charge in [0, 0.05) is 26.2 Å². The Labute approximate surface area is 179 Å². The van der Waals surface area contributed by atoms with Gasteiger partial charge in [0.15, 0.2) is 12.4 Å². The average molecular weight is 451 g/mol. The topological polar surface area (TPSA) is 101 Å². The van der Waals surface area contributed by atoms with Crippen LogP contribution in [0.2, 0.25) is 0 Å². The molecule has 1 aliphatic heterocycles. The molecule has 160 valence electrons. The summed E-state index contributed by atoms with van der Waals surface area (Å²) in [5, 5.41) is 1.80. The van der Waals surface area contributed by atoms with Crippen molar-refractivity contribution in [2.75, 3.05) is 27.2 Å². The Morgan fingerprint density at radius 3 is 2.47 bits per heavy atom. The lowest BCUT2D eigenvalue weighted by Crippen LogP contribution is -2.41. The Kier molecular flexibility index (Phi) is 6.69. The first-order valence-corrected chi connectivity index (χ1v) is 11.6. The van der Waals surface area contributed by atoms with Gasteiger partial charge in [-0.1, -0.05) is 6.07 Å². The number of carbonyl (C=O) groups is 3. The van der Waals surface area contributed by atoms with E-state index < -0.39 is 34.4 Å². The number of sulfonamides is 1. The summed E-state index contributed by atoms with van der Waals surface area (Å²) in [6.07, 6.45) is 1.17. The number of hydrogen-bond donors (Lipinski definition) is 0. The van der Waals surface area contributed by atoms with E-state index in [1.807, 2.05) is 0 Å². The number of ketones is 1. The van der Waals surface area contributed by atoms with E-state index in [1.165, 1.54) is 54.6 Å². The van der Waals surface area contributed by atoms with Crippen molar-refractivity contribution in [3.05, 3.63) is 52.2 Å². The summed E-state index contributed by atoms with van der Waals surface area (Å²) in [7, 11) is -0.749. The van der Waals surface area contributed by atoms with Gasteiger partial charge >= 0.3 is 5.97 Å². The third-order valence-corrected chi connectivity index (χ3v) is 7.51. The molecule has 2 heterocycles. The smallest absolute Gasteiger partial charge is 0.329 e. The van der Waals surface area contributed by atoms with Gasteiger partial charge in [0.1, 0.15) is 6.04 Å². The van der Waals surface area contributed by atoms with E-state index >= 15 is 0 Å². The summed E-state index contributed by atoms with van der Waals surface area (Å²) in [6.45, 7) is -0.0115. The van der Waals surface area contributed by atoms with E-state index in [0.29, 0.717) is 24.3 Å². The lowest BCUT2D eigenvalue weighted by Gasteiger charge is -2.22. The van der Waals surface area contributed by atoms with Crippen LogP contribution >= 0.6 is 11.3 Å². The molecule has 1 unspecified atom stereocenters. The van der Waals surface area contributed by atoms with Crippen molar-refractivity contribution < 1.29 is 27.5 Å². The molecule has 10 heteroatoms. The van der Waals surface area contributed by atoms with Crippen molar-refractivity contribution in [2.45, 2.75) is 23.8 Å². The van der Waals surface area contributed by atoms with Gasteiger partial charge in [-0.15, -0.1) is 11.3 Å². The van der Waals surface area contributed by atoms with Gasteiger partial charge in [-0.25, -0.2) is 17.5 Å². The van der Waals surface area contributed by atoms with E-state index in [0.717, 1.165) is 4.31 Å². The number of thiophene rings is 1. The maximum atomic E-state index is 12.6. The quantitative estimate of drug-likeness (QED) is 0.473. The van der Waals surface area contributed by atoms with Crippen molar-refractivity contribution >= 4 is 39.0 Å². The average Bonchev–Trinajstić information content (AvgIpc) is 3.43. The normalized spacial score (nSPS) is 16.6. The molecule has 1 aromatic heterocycles. The number of Topliss-reactive ketones (excluding diaryl/α,β-unsaturated/α-hetero) is 1. The molecule has 30 heavy (non-hydrogen) atoms. The second kappa shape index (κ2) is 9.07. The van der Waals surface area contributed by atoms with Crippen molar-refractivity contribution in [1.29, 1.82) is 0 Å². The zero-order valence-electron chi connectivity index (χ0n) is 16.6. The number of amides is 1. The third kappa shape index (κ3) is 4.61. The molecular formula is C20H22N2O6S2. The van der Waals surface area contributed by atoms with Gasteiger partial charge in [0.2, 0.25) is 10.0 Å². The molecule has 0 spiro atoms. The minimum Gasteiger partial charge on any atom is -0.456 e. The maximum Gasteiger partial charge on any atom is 0.329 e. The Hall–Kier alpha value is -2.56. The lowest BCUT2D eigenvalue weighted by atomic mass is 10.1. The first-order chi connectivity index (χ1) is 14.2. The highest BCUT2D eigenvalue weighted by Gasteiger charge is 2.36. The third-order valence-electron chi connectivity index (χ3n) is 4.82. The fourth-order valence-corrected chi connectivity index (χ4v) is 4.72. The molecule has 8 nitrogen and oxygen atoms in total. The second-order valence-corrected chi connectivity index (χ2v) is 10.1. The molecule has 0 bridgehead atoms. The van der Waals surface area contributed by atoms with E-state index in [-0.39, 0.29) is 16.4 Å². The minimum atomic E-state index is -3.59. The fraction of sp³-hybridized carbons (Fsp3) is 0.350. The number of esters is 1. The van der Waals surface area contributed by atoms with E-state index in [1.54, 1.807) is 17.5 Å². The molecule has 0 saturated carbocycles. The summed E-state index contributed by atoms with van der Waals surface area (Å²) >= 11 is 1.31. The van der Waals surface area contributed by atoms with E-state index in [2.05, 4.69) is 0 Å². The molecule has 1 saturated heterocycles. The summed E-state index contributed by atoms with van der Waals surface area (Å²) in [5.41, 5.74) is 0.235. The van der Waals surface area contributed by atoms with Crippen molar-refractivity contribution in [3.63, 3.8) is 0 Å². The molecule has 3 rings (SSSR count). The standard InChI is InChI=1S/C20H22N2O6S2/c1-21(2)30(26,27)15-9-7-14(8-10-15)17(23)13-28-20(25)16-5-3-11-22(16)19(24)18-6-4-12-29-18/h4,6-10,12,16H,3,5,11,13H2,1-2H3. The molecule has 0 radical (unpaired) electrons. The molecule has 1 atom stereocenters. The monoisotopic (exact) mass is 450 g/mol. The number of carbonyl (C=O) groups excluding carboxylic acids is 3. The Morgan fingerprint density at radius 1 is 1.17 bits per heavy atom. The highest BCUT2D eigenvalue weighted by Crippen LogP contribution is 2.23. The van der Waals surface area contributed by atoms with Crippen LogP contribution in [0.1, 0.15) is 32.9 Å². The largest absolute Gasteiger partial charge is 0.456 e. The molecule has 1 fully saturated rings. The second-order valence-electron chi connectivity index (χ2n) is 6.98. The summed E-state index contributed by atoms with van der Waals surface area (Å²) < 4.78 is 30.4. The molecule has 1 amide bonds. The van der Waals surface area contributed by atoms with E-state index in [9.17, 15) is 22.8 Å². The molecule has 0 N–H and O–H groups in total. The molecule has 1 aliphatic rings. The first kappa shape index (κ1) is 22.1. The molecule has 2 aromatic rings. The fourth-order valence-electron chi connectivity index (χ4n) is 3.14. The van der Waals surface area contributed by atoms with Crippen LogP contribution < -0.4 is 0 Å². The van der Waals surface area contributed by atoms with Crippen LogP contribution in [0.25, 0.3) is 0 Å². The predicted molar refractivity (Wildman–Crippen MR) is 111 cm³/mol. The number of rotatable bonds is 7.